The average Bonchev–Trinajstić information content (AvgIpc) is 2.89. The molecule has 1 fully saturated rings. The molecule has 2 rings (SSSR count). The molecule has 1 N–H and O–H groups in total. The van der Waals surface area contributed by atoms with Gasteiger partial charge in [-0.25, -0.2) is 0 Å². The van der Waals surface area contributed by atoms with Crippen LogP contribution in [0, 0.1) is 5.92 Å². The fraction of sp³-hybridized carbons (Fsp3) is 0.714. The second kappa shape index (κ2) is 8.30. The van der Waals surface area contributed by atoms with E-state index in [-0.39, 0.29) is 5.41 Å². The summed E-state index contributed by atoms with van der Waals surface area (Å²) in [6, 6.07) is 8.93. The Labute approximate surface area is 143 Å². The molecular weight excluding hydrogens is 282 g/mol. The smallest absolute Gasteiger partial charge is 0.0704 e. The Morgan fingerprint density at radius 1 is 1.22 bits per heavy atom. The summed E-state index contributed by atoms with van der Waals surface area (Å²) >= 11 is 0. The van der Waals surface area contributed by atoms with Gasteiger partial charge in [0.05, 0.1) is 12.2 Å². The molecule has 130 valence electrons. The largest absolute Gasteiger partial charge is 0.374 e. The van der Waals surface area contributed by atoms with E-state index in [1.165, 1.54) is 36.8 Å². The summed E-state index contributed by atoms with van der Waals surface area (Å²) < 4.78 is 5.85. The highest BCUT2D eigenvalue weighted by Crippen LogP contribution is 2.27. The van der Waals surface area contributed by atoms with Crippen LogP contribution in [0.1, 0.15) is 65.0 Å². The van der Waals surface area contributed by atoms with E-state index in [0.717, 1.165) is 13.1 Å². The van der Waals surface area contributed by atoms with Crippen LogP contribution >= 0.6 is 0 Å². The topological polar surface area (TPSA) is 21.3 Å². The van der Waals surface area contributed by atoms with Crippen LogP contribution in [0.3, 0.4) is 0 Å². The molecule has 0 aromatic heterocycles. The number of ether oxygens (including phenoxy) is 1. The van der Waals surface area contributed by atoms with Gasteiger partial charge in [0, 0.05) is 6.54 Å². The zero-order chi connectivity index (χ0) is 16.9. The summed E-state index contributed by atoms with van der Waals surface area (Å²) in [6.45, 7) is 13.6. The van der Waals surface area contributed by atoms with Crippen molar-refractivity contribution >= 4 is 0 Å². The van der Waals surface area contributed by atoms with E-state index in [1.807, 2.05) is 0 Å². The molecule has 0 saturated carbocycles. The predicted octanol–water partition coefficient (Wildman–Crippen LogP) is 4.71. The first-order valence-corrected chi connectivity index (χ1v) is 9.31. The van der Waals surface area contributed by atoms with Crippen molar-refractivity contribution in [1.29, 1.82) is 0 Å². The number of rotatable bonds is 7. The molecule has 1 aromatic rings. The van der Waals surface area contributed by atoms with E-state index in [0.29, 0.717) is 18.1 Å². The highest BCUT2D eigenvalue weighted by atomic mass is 16.5. The maximum atomic E-state index is 5.85. The first kappa shape index (κ1) is 18.5. The van der Waals surface area contributed by atoms with Gasteiger partial charge < -0.3 is 10.1 Å². The number of nitrogens with one attached hydrogen (secondary N) is 1. The quantitative estimate of drug-likeness (QED) is 0.735. The lowest BCUT2D eigenvalue weighted by atomic mass is 9.81. The summed E-state index contributed by atoms with van der Waals surface area (Å²) in [7, 11) is 0. The average molecular weight is 318 g/mol. The van der Waals surface area contributed by atoms with Crippen molar-refractivity contribution in [2.24, 2.45) is 5.92 Å². The molecule has 0 amide bonds. The van der Waals surface area contributed by atoms with E-state index >= 15 is 0 Å². The van der Waals surface area contributed by atoms with E-state index in [9.17, 15) is 0 Å². The molecule has 1 aliphatic heterocycles. The molecule has 0 bridgehead atoms. The van der Waals surface area contributed by atoms with Crippen molar-refractivity contribution < 1.29 is 4.74 Å². The molecular formula is C21H35NO. The summed E-state index contributed by atoms with van der Waals surface area (Å²) in [5, 5.41) is 3.58. The van der Waals surface area contributed by atoms with Gasteiger partial charge in [-0.3, -0.25) is 0 Å². The number of hydrogen-bond donors (Lipinski definition) is 1. The second-order valence-electron chi connectivity index (χ2n) is 8.36. The molecule has 0 aliphatic carbocycles. The second-order valence-corrected chi connectivity index (χ2v) is 8.36. The van der Waals surface area contributed by atoms with Crippen LogP contribution in [-0.2, 0) is 16.6 Å². The minimum Gasteiger partial charge on any atom is -0.374 e. The third kappa shape index (κ3) is 5.93. The summed E-state index contributed by atoms with van der Waals surface area (Å²) in [5.41, 5.74) is 3.24. The molecule has 1 heterocycles. The molecule has 1 saturated heterocycles. The van der Waals surface area contributed by atoms with Gasteiger partial charge in [-0.2, -0.15) is 0 Å². The number of benzene rings is 1. The van der Waals surface area contributed by atoms with Gasteiger partial charge in [-0.1, -0.05) is 52.0 Å². The van der Waals surface area contributed by atoms with Gasteiger partial charge in [-0.15, -0.1) is 0 Å². The SMILES string of the molecule is CC(CCNCC1CCC(C)O1)Cc1ccccc1C(C)(C)C. The molecule has 23 heavy (non-hydrogen) atoms. The van der Waals surface area contributed by atoms with Crippen molar-refractivity contribution in [3.63, 3.8) is 0 Å². The van der Waals surface area contributed by atoms with Gasteiger partial charge in [0.15, 0.2) is 0 Å². The maximum absolute atomic E-state index is 5.85. The normalized spacial score (nSPS) is 23.2. The Morgan fingerprint density at radius 3 is 2.61 bits per heavy atom. The van der Waals surface area contributed by atoms with Crippen LogP contribution < -0.4 is 5.32 Å². The standard InChI is InChI=1S/C21H35NO/c1-16(12-13-22-15-19-11-10-17(2)23-19)14-18-8-6-7-9-20(18)21(3,4)5/h6-9,16-17,19,22H,10-15H2,1-5H3. The highest BCUT2D eigenvalue weighted by molar-refractivity contribution is 5.33. The Morgan fingerprint density at radius 2 is 1.96 bits per heavy atom. The Bertz CT molecular complexity index is 477. The molecule has 2 nitrogen and oxygen atoms in total. The third-order valence-electron chi connectivity index (χ3n) is 4.90. The van der Waals surface area contributed by atoms with Gasteiger partial charge >= 0.3 is 0 Å². The minimum absolute atomic E-state index is 0.227. The first-order chi connectivity index (χ1) is 10.9. The van der Waals surface area contributed by atoms with Crippen LogP contribution in [0.15, 0.2) is 24.3 Å². The van der Waals surface area contributed by atoms with E-state index in [1.54, 1.807) is 0 Å². The summed E-state index contributed by atoms with van der Waals surface area (Å²) in [5.74, 6) is 0.703. The fourth-order valence-corrected chi connectivity index (χ4v) is 3.55. The van der Waals surface area contributed by atoms with Gasteiger partial charge in [-0.05, 0) is 61.6 Å². The van der Waals surface area contributed by atoms with Crippen LogP contribution in [0.2, 0.25) is 0 Å². The number of hydrogen-bond acceptors (Lipinski definition) is 2. The summed E-state index contributed by atoms with van der Waals surface area (Å²) in [6.07, 6.45) is 5.71. The third-order valence-corrected chi connectivity index (χ3v) is 4.90. The highest BCUT2D eigenvalue weighted by Gasteiger charge is 2.21. The van der Waals surface area contributed by atoms with Gasteiger partial charge in [0.1, 0.15) is 0 Å². The molecule has 0 spiro atoms. The van der Waals surface area contributed by atoms with E-state index in [4.69, 9.17) is 4.74 Å². The Hall–Kier alpha value is -0.860. The molecule has 1 aromatic carbocycles. The van der Waals surface area contributed by atoms with Crippen molar-refractivity contribution in [3.8, 4) is 0 Å². The molecule has 3 atom stereocenters. The van der Waals surface area contributed by atoms with Gasteiger partial charge in [0.2, 0.25) is 0 Å². The lowest BCUT2D eigenvalue weighted by Gasteiger charge is -2.24. The molecule has 1 aliphatic rings. The Kier molecular flexibility index (Phi) is 6.67. The van der Waals surface area contributed by atoms with Crippen LogP contribution in [0.4, 0.5) is 0 Å². The molecule has 3 unspecified atom stereocenters. The van der Waals surface area contributed by atoms with E-state index in [2.05, 4.69) is 64.2 Å². The lowest BCUT2D eigenvalue weighted by molar-refractivity contribution is 0.0560. The molecule has 0 radical (unpaired) electrons. The van der Waals surface area contributed by atoms with Crippen molar-refractivity contribution in [1.82, 2.24) is 5.32 Å². The van der Waals surface area contributed by atoms with Crippen molar-refractivity contribution in [2.75, 3.05) is 13.1 Å². The van der Waals surface area contributed by atoms with Crippen LogP contribution in [0.5, 0.6) is 0 Å². The maximum Gasteiger partial charge on any atom is 0.0704 e. The van der Waals surface area contributed by atoms with Crippen LogP contribution in [0.25, 0.3) is 0 Å². The monoisotopic (exact) mass is 317 g/mol. The lowest BCUT2D eigenvalue weighted by Crippen LogP contribution is -2.28. The van der Waals surface area contributed by atoms with Crippen molar-refractivity contribution in [3.05, 3.63) is 35.4 Å². The summed E-state index contributed by atoms with van der Waals surface area (Å²) in [4.78, 5) is 0. The first-order valence-electron chi connectivity index (χ1n) is 9.31. The minimum atomic E-state index is 0.227. The Balaban J connectivity index is 1.74. The fourth-order valence-electron chi connectivity index (χ4n) is 3.55. The van der Waals surface area contributed by atoms with Crippen molar-refractivity contribution in [2.45, 2.75) is 77.9 Å². The zero-order valence-electron chi connectivity index (χ0n) is 15.7. The molecule has 2 heteroatoms. The predicted molar refractivity (Wildman–Crippen MR) is 99.1 cm³/mol. The van der Waals surface area contributed by atoms with Crippen LogP contribution in [-0.4, -0.2) is 25.3 Å². The van der Waals surface area contributed by atoms with Gasteiger partial charge in [0.25, 0.3) is 0 Å². The zero-order valence-corrected chi connectivity index (χ0v) is 15.7. The van der Waals surface area contributed by atoms with E-state index < -0.39 is 0 Å².